The number of nitrogens with zero attached hydrogens (tertiary/aromatic N) is 5. The molecule has 0 aliphatic carbocycles. The monoisotopic (exact) mass is 379 g/mol. The summed E-state index contributed by atoms with van der Waals surface area (Å²) in [7, 11) is 0. The van der Waals surface area contributed by atoms with E-state index in [-0.39, 0.29) is 24.4 Å². The van der Waals surface area contributed by atoms with Crippen LogP contribution in [0.5, 0.6) is 0 Å². The minimum atomic E-state index is -0.266. The molecule has 0 bridgehead atoms. The van der Waals surface area contributed by atoms with Gasteiger partial charge in [0.15, 0.2) is 11.6 Å². The van der Waals surface area contributed by atoms with E-state index in [1.807, 2.05) is 13.8 Å². The lowest BCUT2D eigenvalue weighted by molar-refractivity contribution is 0.0402. The van der Waals surface area contributed by atoms with Gasteiger partial charge in [0.2, 0.25) is 5.89 Å². The number of rotatable bonds is 8. The van der Waals surface area contributed by atoms with Gasteiger partial charge in [-0.3, -0.25) is 4.57 Å². The Morgan fingerprint density at radius 1 is 1.33 bits per heavy atom. The molecule has 1 fully saturated rings. The topological polar surface area (TPSA) is 97.2 Å². The first-order valence-corrected chi connectivity index (χ1v) is 9.63. The van der Waals surface area contributed by atoms with Crippen LogP contribution in [-0.2, 0) is 22.6 Å². The van der Waals surface area contributed by atoms with E-state index in [0.717, 1.165) is 6.42 Å². The van der Waals surface area contributed by atoms with Crippen LogP contribution >= 0.6 is 0 Å². The molecule has 1 saturated heterocycles. The van der Waals surface area contributed by atoms with Crippen molar-refractivity contribution in [1.29, 1.82) is 0 Å². The zero-order valence-electron chi connectivity index (χ0n) is 16.7. The average Bonchev–Trinajstić information content (AvgIpc) is 3.33. The molecule has 9 heteroatoms. The highest BCUT2D eigenvalue weighted by atomic mass is 16.5. The van der Waals surface area contributed by atoms with Gasteiger partial charge in [0.25, 0.3) is 0 Å². The van der Waals surface area contributed by atoms with E-state index in [0.29, 0.717) is 49.1 Å². The second-order valence-corrected chi connectivity index (χ2v) is 7.52. The Hall–Kier alpha value is -2.00. The Bertz CT molecular complexity index is 809. The number of ether oxygens (including phenoxy) is 2. The molecule has 0 unspecified atom stereocenters. The third kappa shape index (κ3) is 4.30. The molecular formula is C18H29N5O4. The lowest BCUT2D eigenvalue weighted by atomic mass is 10.0. The van der Waals surface area contributed by atoms with Gasteiger partial charge in [-0.05, 0) is 32.1 Å². The minimum Gasteiger partial charge on any atom is -0.370 e. The third-order valence-electron chi connectivity index (χ3n) is 4.72. The summed E-state index contributed by atoms with van der Waals surface area (Å²) >= 11 is 0. The summed E-state index contributed by atoms with van der Waals surface area (Å²) in [6, 6.07) is 0. The van der Waals surface area contributed by atoms with Crippen molar-refractivity contribution in [3.8, 4) is 0 Å². The van der Waals surface area contributed by atoms with Gasteiger partial charge >= 0.3 is 5.69 Å². The summed E-state index contributed by atoms with van der Waals surface area (Å²) in [5.41, 5.74) is -0.195. The highest BCUT2D eigenvalue weighted by molar-refractivity contribution is 4.99. The summed E-state index contributed by atoms with van der Waals surface area (Å²) in [6.45, 7) is 12.1. The second kappa shape index (κ2) is 8.35. The molecule has 2 aromatic rings. The Kier molecular flexibility index (Phi) is 6.11. The fourth-order valence-electron chi connectivity index (χ4n) is 3.13. The average molecular weight is 379 g/mol. The first-order chi connectivity index (χ1) is 12.9. The van der Waals surface area contributed by atoms with E-state index in [1.54, 1.807) is 4.57 Å². The van der Waals surface area contributed by atoms with Gasteiger partial charge in [-0.25, -0.2) is 9.48 Å². The highest BCUT2D eigenvalue weighted by Crippen LogP contribution is 2.32. The lowest BCUT2D eigenvalue weighted by Gasteiger charge is -2.13. The number of aromatic nitrogens is 5. The van der Waals surface area contributed by atoms with Gasteiger partial charge in [-0.1, -0.05) is 25.9 Å². The lowest BCUT2D eigenvalue weighted by Crippen LogP contribution is -2.26. The van der Waals surface area contributed by atoms with Crippen molar-refractivity contribution in [2.45, 2.75) is 66.3 Å². The molecule has 2 aromatic heterocycles. The standard InChI is InChI=1S/C18H29N5O4/c1-6-22-17(15-12(4)7-8-25-15)20-23(18(22)24)9-14-19-16(21-27-14)13(5)26-10-11(2)3/h11-13,15H,6-10H2,1-5H3/t12-,13+,15+/m1/s1. The molecule has 0 N–H and O–H groups in total. The van der Waals surface area contributed by atoms with Crippen LogP contribution in [0, 0.1) is 11.8 Å². The van der Waals surface area contributed by atoms with Gasteiger partial charge in [-0.15, -0.1) is 0 Å². The predicted octanol–water partition coefficient (Wildman–Crippen LogP) is 2.33. The van der Waals surface area contributed by atoms with Crippen LogP contribution in [0.2, 0.25) is 0 Å². The van der Waals surface area contributed by atoms with Crippen LogP contribution in [0.15, 0.2) is 9.32 Å². The quantitative estimate of drug-likeness (QED) is 0.694. The second-order valence-electron chi connectivity index (χ2n) is 7.52. The van der Waals surface area contributed by atoms with Crippen molar-refractivity contribution in [2.75, 3.05) is 13.2 Å². The van der Waals surface area contributed by atoms with E-state index >= 15 is 0 Å². The summed E-state index contributed by atoms with van der Waals surface area (Å²) in [5.74, 6) is 2.23. The molecule has 0 saturated carbocycles. The molecule has 150 valence electrons. The fraction of sp³-hybridized carbons (Fsp3) is 0.778. The van der Waals surface area contributed by atoms with Gasteiger partial charge in [0.1, 0.15) is 18.8 Å². The van der Waals surface area contributed by atoms with E-state index in [2.05, 4.69) is 36.0 Å². The van der Waals surface area contributed by atoms with Crippen LogP contribution in [0.25, 0.3) is 0 Å². The van der Waals surface area contributed by atoms with Crippen LogP contribution in [0.3, 0.4) is 0 Å². The summed E-state index contributed by atoms with van der Waals surface area (Å²) in [6.07, 6.45) is 0.552. The van der Waals surface area contributed by atoms with Gasteiger partial charge in [-0.2, -0.15) is 10.1 Å². The van der Waals surface area contributed by atoms with Crippen molar-refractivity contribution < 1.29 is 14.0 Å². The van der Waals surface area contributed by atoms with Crippen molar-refractivity contribution in [3.05, 3.63) is 28.0 Å². The molecule has 3 atom stereocenters. The third-order valence-corrected chi connectivity index (χ3v) is 4.72. The number of hydrogen-bond donors (Lipinski definition) is 0. The maximum atomic E-state index is 12.7. The number of hydrogen-bond acceptors (Lipinski definition) is 7. The van der Waals surface area contributed by atoms with Gasteiger partial charge < -0.3 is 14.0 Å². The Labute approximate surface area is 158 Å². The van der Waals surface area contributed by atoms with E-state index in [4.69, 9.17) is 14.0 Å². The maximum Gasteiger partial charge on any atom is 0.346 e. The van der Waals surface area contributed by atoms with Crippen LogP contribution in [-0.4, -0.2) is 37.7 Å². The molecule has 27 heavy (non-hydrogen) atoms. The molecule has 1 aliphatic heterocycles. The first kappa shape index (κ1) is 19.8. The SMILES string of the molecule is CCn1c([C@H]2OCC[C@H]2C)nn(Cc2nc([C@H](C)OCC(C)C)no2)c1=O. The molecule has 0 spiro atoms. The Morgan fingerprint density at radius 2 is 2.11 bits per heavy atom. The smallest absolute Gasteiger partial charge is 0.346 e. The van der Waals surface area contributed by atoms with Crippen LogP contribution in [0.1, 0.15) is 70.8 Å². The minimum absolute atomic E-state index is 0.129. The highest BCUT2D eigenvalue weighted by Gasteiger charge is 2.31. The van der Waals surface area contributed by atoms with E-state index in [1.165, 1.54) is 4.68 Å². The summed E-state index contributed by atoms with van der Waals surface area (Å²) in [5, 5.41) is 8.48. The zero-order chi connectivity index (χ0) is 19.6. The summed E-state index contributed by atoms with van der Waals surface area (Å²) < 4.78 is 19.8. The molecule has 0 amide bonds. The summed E-state index contributed by atoms with van der Waals surface area (Å²) in [4.78, 5) is 17.1. The van der Waals surface area contributed by atoms with Crippen LogP contribution < -0.4 is 5.69 Å². The molecule has 9 nitrogen and oxygen atoms in total. The van der Waals surface area contributed by atoms with Crippen molar-refractivity contribution in [3.63, 3.8) is 0 Å². The maximum absolute atomic E-state index is 12.7. The normalized spacial score (nSPS) is 21.3. The molecule has 1 aliphatic rings. The van der Waals surface area contributed by atoms with E-state index in [9.17, 15) is 4.79 Å². The fourth-order valence-corrected chi connectivity index (χ4v) is 3.13. The van der Waals surface area contributed by atoms with Gasteiger partial charge in [0.05, 0.1) is 0 Å². The largest absolute Gasteiger partial charge is 0.370 e. The molecular weight excluding hydrogens is 350 g/mol. The zero-order valence-corrected chi connectivity index (χ0v) is 16.7. The molecule has 3 heterocycles. The molecule has 0 aromatic carbocycles. The van der Waals surface area contributed by atoms with Crippen LogP contribution in [0.4, 0.5) is 0 Å². The van der Waals surface area contributed by atoms with Gasteiger partial charge in [0, 0.05) is 19.8 Å². The van der Waals surface area contributed by atoms with E-state index < -0.39 is 0 Å². The van der Waals surface area contributed by atoms with Crippen molar-refractivity contribution in [1.82, 2.24) is 24.5 Å². The molecule has 3 rings (SSSR count). The molecule has 0 radical (unpaired) electrons. The Morgan fingerprint density at radius 3 is 2.74 bits per heavy atom. The Balaban J connectivity index is 1.76. The predicted molar refractivity (Wildman–Crippen MR) is 97.2 cm³/mol. The van der Waals surface area contributed by atoms with Crippen molar-refractivity contribution in [2.24, 2.45) is 11.8 Å². The van der Waals surface area contributed by atoms with Crippen molar-refractivity contribution >= 4 is 0 Å². The first-order valence-electron chi connectivity index (χ1n) is 9.63.